The summed E-state index contributed by atoms with van der Waals surface area (Å²) in [6, 6.07) is 10.9. The van der Waals surface area contributed by atoms with Crippen molar-refractivity contribution in [3.05, 3.63) is 47.6 Å². The van der Waals surface area contributed by atoms with E-state index in [0.717, 1.165) is 18.1 Å². The Labute approximate surface area is 158 Å². The molecule has 26 heavy (non-hydrogen) atoms. The highest BCUT2D eigenvalue weighted by atomic mass is 16.5. The lowest BCUT2D eigenvalue weighted by Crippen LogP contribution is -2.12. The standard InChI is InChI=1S/C23H34N2O/c1-2-3-4-5-6-7-11-14-22-24-23(26-25-22)21-17-15-20(16-18-21)19-12-9-8-10-13-19/h8-10,12-13,20-21H,2-7,11,14-18H2,1H3. The van der Waals surface area contributed by atoms with Crippen molar-refractivity contribution in [2.75, 3.05) is 0 Å². The molecular weight excluding hydrogens is 320 g/mol. The maximum Gasteiger partial charge on any atom is 0.229 e. The Balaban J connectivity index is 1.37. The maximum atomic E-state index is 5.59. The fourth-order valence-corrected chi connectivity index (χ4v) is 4.17. The molecule has 1 aromatic heterocycles. The molecule has 142 valence electrons. The van der Waals surface area contributed by atoms with Gasteiger partial charge in [-0.25, -0.2) is 0 Å². The molecule has 1 aliphatic rings. The maximum absolute atomic E-state index is 5.59. The summed E-state index contributed by atoms with van der Waals surface area (Å²) in [5, 5.41) is 4.23. The molecule has 1 aromatic carbocycles. The fraction of sp³-hybridized carbons (Fsp3) is 0.652. The van der Waals surface area contributed by atoms with Gasteiger partial charge < -0.3 is 4.52 Å². The molecule has 2 aromatic rings. The van der Waals surface area contributed by atoms with Crippen LogP contribution in [0.1, 0.15) is 107 Å². The second-order valence-electron chi connectivity index (χ2n) is 7.88. The summed E-state index contributed by atoms with van der Waals surface area (Å²) in [5.74, 6) is 2.96. The van der Waals surface area contributed by atoms with E-state index in [2.05, 4.69) is 42.4 Å². The summed E-state index contributed by atoms with van der Waals surface area (Å²) in [6.07, 6.45) is 15.0. The lowest BCUT2D eigenvalue weighted by molar-refractivity contribution is 0.299. The van der Waals surface area contributed by atoms with E-state index >= 15 is 0 Å². The normalized spacial score (nSPS) is 20.3. The molecule has 1 aliphatic carbocycles. The van der Waals surface area contributed by atoms with E-state index in [4.69, 9.17) is 9.51 Å². The predicted molar refractivity (Wildman–Crippen MR) is 106 cm³/mol. The van der Waals surface area contributed by atoms with Crippen molar-refractivity contribution in [2.45, 2.75) is 95.8 Å². The van der Waals surface area contributed by atoms with Gasteiger partial charge in [-0.15, -0.1) is 0 Å². The van der Waals surface area contributed by atoms with Gasteiger partial charge in [0.05, 0.1) is 0 Å². The van der Waals surface area contributed by atoms with Crippen LogP contribution in [0.4, 0.5) is 0 Å². The minimum absolute atomic E-state index is 0.463. The van der Waals surface area contributed by atoms with Crippen LogP contribution in [-0.2, 0) is 6.42 Å². The number of aromatic nitrogens is 2. The highest BCUT2D eigenvalue weighted by molar-refractivity contribution is 5.20. The largest absolute Gasteiger partial charge is 0.339 e. The summed E-state index contributed by atoms with van der Waals surface area (Å²) >= 11 is 0. The van der Waals surface area contributed by atoms with Gasteiger partial charge in [-0.2, -0.15) is 4.98 Å². The second kappa shape index (κ2) is 10.5. The molecule has 0 N–H and O–H groups in total. The third kappa shape index (κ3) is 5.69. The van der Waals surface area contributed by atoms with E-state index in [1.165, 1.54) is 76.2 Å². The van der Waals surface area contributed by atoms with Crippen LogP contribution in [0.5, 0.6) is 0 Å². The Hall–Kier alpha value is -1.64. The molecule has 3 nitrogen and oxygen atoms in total. The number of hydrogen-bond donors (Lipinski definition) is 0. The number of benzene rings is 1. The van der Waals surface area contributed by atoms with Gasteiger partial charge in [-0.3, -0.25) is 0 Å². The molecule has 0 radical (unpaired) electrons. The third-order valence-corrected chi connectivity index (χ3v) is 5.84. The molecule has 3 rings (SSSR count). The van der Waals surface area contributed by atoms with Gasteiger partial charge in [-0.1, -0.05) is 80.9 Å². The van der Waals surface area contributed by atoms with E-state index < -0.39 is 0 Å². The first kappa shape index (κ1) is 19.1. The van der Waals surface area contributed by atoms with Gasteiger partial charge in [0.25, 0.3) is 0 Å². The minimum Gasteiger partial charge on any atom is -0.339 e. The van der Waals surface area contributed by atoms with Crippen LogP contribution in [-0.4, -0.2) is 10.1 Å². The summed E-state index contributed by atoms with van der Waals surface area (Å²) in [6.45, 7) is 2.27. The quantitative estimate of drug-likeness (QED) is 0.440. The second-order valence-corrected chi connectivity index (χ2v) is 7.88. The van der Waals surface area contributed by atoms with E-state index in [1.54, 1.807) is 0 Å². The number of aryl methyl sites for hydroxylation is 1. The van der Waals surface area contributed by atoms with Gasteiger partial charge in [0.15, 0.2) is 5.82 Å². The molecule has 0 unspecified atom stereocenters. The number of rotatable bonds is 10. The van der Waals surface area contributed by atoms with Crippen molar-refractivity contribution in [3.63, 3.8) is 0 Å². The molecule has 1 fully saturated rings. The summed E-state index contributed by atoms with van der Waals surface area (Å²) in [4.78, 5) is 4.70. The molecule has 0 amide bonds. The Kier molecular flexibility index (Phi) is 7.72. The molecule has 0 spiro atoms. The zero-order chi connectivity index (χ0) is 18.0. The SMILES string of the molecule is CCCCCCCCCc1noc(C2CCC(c3ccccc3)CC2)n1. The average molecular weight is 355 g/mol. The van der Waals surface area contributed by atoms with E-state index in [-0.39, 0.29) is 0 Å². The highest BCUT2D eigenvalue weighted by Gasteiger charge is 2.27. The van der Waals surface area contributed by atoms with Gasteiger partial charge in [0.2, 0.25) is 5.89 Å². The lowest BCUT2D eigenvalue weighted by Gasteiger charge is -2.26. The van der Waals surface area contributed by atoms with E-state index in [0.29, 0.717) is 11.8 Å². The first-order valence-corrected chi connectivity index (χ1v) is 10.7. The van der Waals surface area contributed by atoms with Gasteiger partial charge >= 0.3 is 0 Å². The van der Waals surface area contributed by atoms with Crippen LogP contribution in [0.25, 0.3) is 0 Å². The fourth-order valence-electron chi connectivity index (χ4n) is 4.17. The van der Waals surface area contributed by atoms with Crippen LogP contribution < -0.4 is 0 Å². The van der Waals surface area contributed by atoms with Crippen molar-refractivity contribution in [3.8, 4) is 0 Å². The Bertz CT molecular complexity index is 614. The van der Waals surface area contributed by atoms with Crippen molar-refractivity contribution >= 4 is 0 Å². The number of nitrogens with zero attached hydrogens (tertiary/aromatic N) is 2. The number of unbranched alkanes of at least 4 members (excludes halogenated alkanes) is 6. The van der Waals surface area contributed by atoms with Crippen LogP contribution in [0.3, 0.4) is 0 Å². The zero-order valence-corrected chi connectivity index (χ0v) is 16.3. The third-order valence-electron chi connectivity index (χ3n) is 5.84. The molecule has 1 heterocycles. The predicted octanol–water partition coefficient (Wildman–Crippen LogP) is 6.80. The topological polar surface area (TPSA) is 38.9 Å². The highest BCUT2D eigenvalue weighted by Crippen LogP contribution is 2.39. The van der Waals surface area contributed by atoms with Crippen LogP contribution >= 0.6 is 0 Å². The molecule has 0 aliphatic heterocycles. The molecule has 3 heteroatoms. The molecular formula is C23H34N2O. The minimum atomic E-state index is 0.463. The van der Waals surface area contributed by atoms with E-state index in [1.807, 2.05) is 0 Å². The van der Waals surface area contributed by atoms with Crippen molar-refractivity contribution in [2.24, 2.45) is 0 Å². The van der Waals surface area contributed by atoms with Crippen molar-refractivity contribution in [1.29, 1.82) is 0 Å². The Morgan fingerprint density at radius 1 is 0.846 bits per heavy atom. The molecule has 0 bridgehead atoms. The van der Waals surface area contributed by atoms with Gasteiger partial charge in [0.1, 0.15) is 0 Å². The van der Waals surface area contributed by atoms with Crippen LogP contribution in [0.15, 0.2) is 34.9 Å². The van der Waals surface area contributed by atoms with Crippen molar-refractivity contribution < 1.29 is 4.52 Å². The average Bonchev–Trinajstić information content (AvgIpc) is 3.17. The summed E-state index contributed by atoms with van der Waals surface area (Å²) in [5.41, 5.74) is 1.48. The molecule has 0 atom stereocenters. The summed E-state index contributed by atoms with van der Waals surface area (Å²) in [7, 11) is 0. The van der Waals surface area contributed by atoms with E-state index in [9.17, 15) is 0 Å². The van der Waals surface area contributed by atoms with Crippen LogP contribution in [0, 0.1) is 0 Å². The lowest BCUT2D eigenvalue weighted by atomic mass is 9.78. The number of hydrogen-bond acceptors (Lipinski definition) is 3. The first-order chi connectivity index (χ1) is 12.9. The monoisotopic (exact) mass is 354 g/mol. The zero-order valence-electron chi connectivity index (χ0n) is 16.3. The molecule has 0 saturated heterocycles. The first-order valence-electron chi connectivity index (χ1n) is 10.7. The Morgan fingerprint density at radius 3 is 2.23 bits per heavy atom. The van der Waals surface area contributed by atoms with Crippen LogP contribution in [0.2, 0.25) is 0 Å². The smallest absolute Gasteiger partial charge is 0.229 e. The molecule has 1 saturated carbocycles. The Morgan fingerprint density at radius 2 is 1.50 bits per heavy atom. The van der Waals surface area contributed by atoms with Gasteiger partial charge in [-0.05, 0) is 43.6 Å². The van der Waals surface area contributed by atoms with Gasteiger partial charge in [0, 0.05) is 12.3 Å². The summed E-state index contributed by atoms with van der Waals surface area (Å²) < 4.78 is 5.59. The van der Waals surface area contributed by atoms with Crippen molar-refractivity contribution in [1.82, 2.24) is 10.1 Å².